The summed E-state index contributed by atoms with van der Waals surface area (Å²) in [7, 11) is 1.52. The fourth-order valence-corrected chi connectivity index (χ4v) is 4.38. The summed E-state index contributed by atoms with van der Waals surface area (Å²) in [4.78, 5) is 17.6. The van der Waals surface area contributed by atoms with E-state index in [0.29, 0.717) is 11.6 Å². The third-order valence-corrected chi connectivity index (χ3v) is 5.88. The summed E-state index contributed by atoms with van der Waals surface area (Å²) >= 11 is 0. The maximum absolute atomic E-state index is 10.8. The number of hydrazine groups is 1. The van der Waals surface area contributed by atoms with Gasteiger partial charge in [0.2, 0.25) is 0 Å². The molecule has 0 amide bonds. The third kappa shape index (κ3) is 4.78. The van der Waals surface area contributed by atoms with E-state index in [1.165, 1.54) is 22.5 Å². The lowest BCUT2D eigenvalue weighted by molar-refractivity contribution is -0.150. The Morgan fingerprint density at radius 3 is 2.72 bits per heavy atom. The predicted octanol–water partition coefficient (Wildman–Crippen LogP) is 2.80. The van der Waals surface area contributed by atoms with Crippen molar-refractivity contribution in [2.45, 2.75) is 19.8 Å². The number of anilines is 1. The van der Waals surface area contributed by atoms with Gasteiger partial charge < -0.3 is 20.5 Å². The third-order valence-electron chi connectivity index (χ3n) is 5.39. The van der Waals surface area contributed by atoms with E-state index in [4.69, 9.17) is 11.6 Å². The van der Waals surface area contributed by atoms with Crippen LogP contribution in [0.5, 0.6) is 0 Å². The van der Waals surface area contributed by atoms with Gasteiger partial charge in [-0.25, -0.2) is 14.7 Å². The van der Waals surface area contributed by atoms with Gasteiger partial charge in [0.15, 0.2) is 0 Å². The van der Waals surface area contributed by atoms with Crippen LogP contribution in [-0.2, 0) is 0 Å². The topological polar surface area (TPSA) is 94.5 Å². The number of rotatable bonds is 7. The van der Waals surface area contributed by atoms with Crippen molar-refractivity contribution < 1.29 is 4.89 Å². The molecular formula is C22H29N5OP-. The first-order valence-corrected chi connectivity index (χ1v) is 10.8. The lowest BCUT2D eigenvalue weighted by Crippen LogP contribution is -2.25. The summed E-state index contributed by atoms with van der Waals surface area (Å²) in [5.41, 5.74) is 12.7. The number of allylic oxidation sites excluding steroid dienone is 1. The Balaban J connectivity index is 1.79. The van der Waals surface area contributed by atoms with E-state index >= 15 is 0 Å². The van der Waals surface area contributed by atoms with Crippen LogP contribution in [-0.4, -0.2) is 29.7 Å². The zero-order chi connectivity index (χ0) is 21.0. The molecule has 154 valence electrons. The molecule has 6 nitrogen and oxygen atoms in total. The van der Waals surface area contributed by atoms with Crippen LogP contribution in [0.15, 0.2) is 55.0 Å². The number of nitrogens with zero attached hydrogens (tertiary/aromatic N) is 3. The number of aromatic nitrogens is 1. The molecule has 4 N–H and O–H groups in total. The maximum Gasteiger partial charge on any atom is 0.0926 e. The normalized spacial score (nSPS) is 17.5. The predicted molar refractivity (Wildman–Crippen MR) is 121 cm³/mol. The second-order valence-corrected chi connectivity index (χ2v) is 8.31. The van der Waals surface area contributed by atoms with Crippen LogP contribution in [0.2, 0.25) is 0 Å². The van der Waals surface area contributed by atoms with Gasteiger partial charge in [0.25, 0.3) is 0 Å². The van der Waals surface area contributed by atoms with E-state index in [1.54, 1.807) is 7.05 Å². The number of hydrogen-bond acceptors (Lipinski definition) is 6. The van der Waals surface area contributed by atoms with Gasteiger partial charge in [0.05, 0.1) is 11.4 Å². The van der Waals surface area contributed by atoms with Gasteiger partial charge in [-0.1, -0.05) is 18.7 Å². The Kier molecular flexibility index (Phi) is 6.91. The average Bonchev–Trinajstić information content (AvgIpc) is 3.07. The SMILES string of the molecule is C=C1CC(CCP[O-])CN1c1ccc(-c2ccc(/C(=C/N)N(C)N)nc2)cc1C. The molecule has 0 spiro atoms. The van der Waals surface area contributed by atoms with Crippen molar-refractivity contribution in [1.82, 2.24) is 9.99 Å². The number of nitrogens with two attached hydrogens (primary N) is 2. The Labute approximate surface area is 174 Å². The molecule has 1 saturated heterocycles. The molecule has 2 aromatic rings. The van der Waals surface area contributed by atoms with Crippen molar-refractivity contribution in [2.24, 2.45) is 17.5 Å². The van der Waals surface area contributed by atoms with Crippen molar-refractivity contribution in [3.8, 4) is 11.1 Å². The Morgan fingerprint density at radius 2 is 2.14 bits per heavy atom. The second kappa shape index (κ2) is 9.40. The summed E-state index contributed by atoms with van der Waals surface area (Å²) in [6, 6.07) is 10.4. The first-order valence-electron chi connectivity index (χ1n) is 9.72. The summed E-state index contributed by atoms with van der Waals surface area (Å²) in [6.07, 6.45) is 6.03. The number of benzene rings is 1. The first-order chi connectivity index (χ1) is 13.9. The Hall–Kier alpha value is -2.40. The molecule has 0 bridgehead atoms. The van der Waals surface area contributed by atoms with Crippen molar-refractivity contribution in [1.29, 1.82) is 0 Å². The fraction of sp³-hybridized carbons (Fsp3) is 0.318. The van der Waals surface area contributed by atoms with Gasteiger partial charge in [-0.05, 0) is 61.2 Å². The van der Waals surface area contributed by atoms with Gasteiger partial charge in [-0.3, -0.25) is 4.98 Å². The molecule has 1 aromatic carbocycles. The van der Waals surface area contributed by atoms with Crippen molar-refractivity contribution >= 4 is 20.2 Å². The van der Waals surface area contributed by atoms with E-state index in [-0.39, 0.29) is 8.81 Å². The molecule has 3 rings (SSSR count). The van der Waals surface area contributed by atoms with Gasteiger partial charge >= 0.3 is 0 Å². The highest BCUT2D eigenvalue weighted by atomic mass is 31.1. The van der Waals surface area contributed by atoms with Gasteiger partial charge in [-0.15, -0.1) is 0 Å². The number of pyridine rings is 1. The largest absolute Gasteiger partial charge is 0.832 e. The highest BCUT2D eigenvalue weighted by molar-refractivity contribution is 7.29. The smallest absolute Gasteiger partial charge is 0.0926 e. The zero-order valence-electron chi connectivity index (χ0n) is 17.1. The Morgan fingerprint density at radius 1 is 1.38 bits per heavy atom. The fourth-order valence-electron chi connectivity index (χ4n) is 3.86. The molecule has 0 aliphatic carbocycles. The summed E-state index contributed by atoms with van der Waals surface area (Å²) < 4.78 is 0. The van der Waals surface area contributed by atoms with E-state index < -0.39 is 0 Å². The Bertz CT molecular complexity index is 895. The molecule has 29 heavy (non-hydrogen) atoms. The van der Waals surface area contributed by atoms with Crippen LogP contribution in [0, 0.1) is 12.8 Å². The van der Waals surface area contributed by atoms with E-state index in [2.05, 4.69) is 41.6 Å². The average molecular weight is 410 g/mol. The van der Waals surface area contributed by atoms with Crippen LogP contribution in [0.4, 0.5) is 5.69 Å². The minimum atomic E-state index is -0.214. The van der Waals surface area contributed by atoms with Gasteiger partial charge in [0, 0.05) is 42.9 Å². The van der Waals surface area contributed by atoms with Gasteiger partial charge in [0.1, 0.15) is 0 Å². The molecule has 7 heteroatoms. The molecule has 2 heterocycles. The van der Waals surface area contributed by atoms with Crippen molar-refractivity contribution in [3.05, 3.63) is 66.3 Å². The molecule has 2 unspecified atom stereocenters. The first kappa shape index (κ1) is 21.3. The lowest BCUT2D eigenvalue weighted by atomic mass is 10.0. The van der Waals surface area contributed by atoms with Crippen LogP contribution >= 0.6 is 8.81 Å². The van der Waals surface area contributed by atoms with E-state index in [1.807, 2.05) is 18.3 Å². The van der Waals surface area contributed by atoms with E-state index in [0.717, 1.165) is 48.1 Å². The van der Waals surface area contributed by atoms with Crippen molar-refractivity contribution in [3.63, 3.8) is 0 Å². The monoisotopic (exact) mass is 410 g/mol. The van der Waals surface area contributed by atoms with Crippen molar-refractivity contribution in [2.75, 3.05) is 24.7 Å². The summed E-state index contributed by atoms with van der Waals surface area (Å²) in [5, 5.41) is 1.45. The number of hydrogen-bond donors (Lipinski definition) is 2. The highest BCUT2D eigenvalue weighted by Crippen LogP contribution is 2.36. The van der Waals surface area contributed by atoms with Crippen LogP contribution in [0.1, 0.15) is 24.1 Å². The molecule has 1 aliphatic heterocycles. The zero-order valence-corrected chi connectivity index (χ0v) is 18.1. The standard InChI is InChI=1S/C22H29N5OP/c1-15-10-18(19-4-6-20(25-13-19)22(12-23)26(3)24)5-7-21(15)27-14-17(8-9-29-28)11-16(27)2/h4-7,10,12-13,17,29H,2,8-9,11,14,23-24H2,1,3H3/q-1/b22-12-. The minimum absolute atomic E-state index is 0.214. The van der Waals surface area contributed by atoms with Crippen LogP contribution in [0.3, 0.4) is 0 Å². The van der Waals surface area contributed by atoms with E-state index in [9.17, 15) is 4.89 Å². The molecule has 0 saturated carbocycles. The molecular weight excluding hydrogens is 381 g/mol. The number of aryl methyl sites for hydroxylation is 1. The molecule has 1 fully saturated rings. The highest BCUT2D eigenvalue weighted by Gasteiger charge is 2.26. The molecule has 0 radical (unpaired) electrons. The summed E-state index contributed by atoms with van der Waals surface area (Å²) in [5.74, 6) is 6.32. The maximum atomic E-state index is 10.8. The lowest BCUT2D eigenvalue weighted by Gasteiger charge is -2.23. The van der Waals surface area contributed by atoms with Gasteiger partial charge in [-0.2, -0.15) is 0 Å². The van der Waals surface area contributed by atoms with Crippen LogP contribution in [0.25, 0.3) is 16.8 Å². The minimum Gasteiger partial charge on any atom is -0.832 e. The van der Waals surface area contributed by atoms with Crippen LogP contribution < -0.4 is 21.4 Å². The molecule has 1 aliphatic rings. The molecule has 2 atom stereocenters. The molecule has 1 aromatic heterocycles. The summed E-state index contributed by atoms with van der Waals surface area (Å²) in [6.45, 7) is 7.32. The second-order valence-electron chi connectivity index (χ2n) is 7.53. The quantitative estimate of drug-likeness (QED) is 0.414.